The van der Waals surface area contributed by atoms with Crippen molar-refractivity contribution in [3.8, 4) is 0 Å². The van der Waals surface area contributed by atoms with Crippen molar-refractivity contribution >= 4 is 22.8 Å². The van der Waals surface area contributed by atoms with Gasteiger partial charge in [0.2, 0.25) is 5.89 Å². The van der Waals surface area contributed by atoms with Crippen molar-refractivity contribution in [1.29, 1.82) is 0 Å². The highest BCUT2D eigenvalue weighted by molar-refractivity contribution is 5.89. The number of hydrogen-bond donors (Lipinski definition) is 1. The number of carbonyl (C=O) groups is 1. The quantitative estimate of drug-likeness (QED) is 0.776. The molecular weight excluding hydrogens is 337 g/mol. The zero-order chi connectivity index (χ0) is 17.9. The third-order valence-electron chi connectivity index (χ3n) is 4.27. The monoisotopic (exact) mass is 355 g/mol. The van der Waals surface area contributed by atoms with E-state index >= 15 is 0 Å². The van der Waals surface area contributed by atoms with Gasteiger partial charge in [-0.2, -0.15) is 0 Å². The molecule has 0 radical (unpaired) electrons. The third kappa shape index (κ3) is 3.52. The number of nitrogens with zero attached hydrogens (tertiary/aromatic N) is 2. The van der Waals surface area contributed by atoms with Gasteiger partial charge in [-0.1, -0.05) is 30.3 Å². The first-order valence-electron chi connectivity index (χ1n) is 8.40. The fourth-order valence-corrected chi connectivity index (χ4v) is 2.94. The summed E-state index contributed by atoms with van der Waals surface area (Å²) in [4.78, 5) is 18.0. The predicted molar refractivity (Wildman–Crippen MR) is 94.5 cm³/mol. The van der Waals surface area contributed by atoms with Gasteiger partial charge in [0.05, 0.1) is 13.1 Å². The molecule has 1 N–H and O–H groups in total. The van der Waals surface area contributed by atoms with Crippen molar-refractivity contribution in [2.24, 2.45) is 0 Å². The summed E-state index contributed by atoms with van der Waals surface area (Å²) in [6.07, 6.45) is -1.95. The second-order valence-corrected chi connectivity index (χ2v) is 6.14. The molecule has 2 atom stereocenters. The van der Waals surface area contributed by atoms with Crippen LogP contribution in [0.3, 0.4) is 0 Å². The van der Waals surface area contributed by atoms with Gasteiger partial charge in [-0.25, -0.2) is 14.2 Å². The Morgan fingerprint density at radius 2 is 1.96 bits per heavy atom. The lowest BCUT2D eigenvalue weighted by Crippen LogP contribution is -2.34. The van der Waals surface area contributed by atoms with E-state index in [0.717, 1.165) is 5.52 Å². The number of amides is 2. The largest absolute Gasteiger partial charge is 0.438 e. The van der Waals surface area contributed by atoms with Crippen LogP contribution in [-0.4, -0.2) is 41.3 Å². The number of halogens is 1. The van der Waals surface area contributed by atoms with Crippen LogP contribution in [0, 0.1) is 0 Å². The van der Waals surface area contributed by atoms with Crippen LogP contribution in [0.1, 0.15) is 5.89 Å². The zero-order valence-electron chi connectivity index (χ0n) is 14.0. The number of hydrogen-bond acceptors (Lipinski definition) is 4. The molecule has 0 aliphatic carbocycles. The predicted octanol–water partition coefficient (Wildman–Crippen LogP) is 3.60. The average molecular weight is 355 g/mol. The van der Waals surface area contributed by atoms with E-state index < -0.39 is 12.3 Å². The highest BCUT2D eigenvalue weighted by atomic mass is 19.1. The molecule has 134 valence electrons. The Kier molecular flexibility index (Phi) is 4.53. The second-order valence-electron chi connectivity index (χ2n) is 6.14. The van der Waals surface area contributed by atoms with Crippen molar-refractivity contribution < 1.29 is 18.3 Å². The number of oxazole rings is 1. The maximum absolute atomic E-state index is 14.2. The Labute approximate surface area is 149 Å². The Balaban J connectivity index is 1.34. The Morgan fingerprint density at radius 1 is 1.19 bits per heavy atom. The second kappa shape index (κ2) is 7.13. The Morgan fingerprint density at radius 3 is 2.77 bits per heavy atom. The van der Waals surface area contributed by atoms with Gasteiger partial charge in [0.15, 0.2) is 5.58 Å². The summed E-state index contributed by atoms with van der Waals surface area (Å²) in [5.74, 6) is 0.394. The first kappa shape index (κ1) is 16.5. The zero-order valence-corrected chi connectivity index (χ0v) is 14.0. The summed E-state index contributed by atoms with van der Waals surface area (Å²) in [6, 6.07) is 16.1. The van der Waals surface area contributed by atoms with Crippen LogP contribution in [0.15, 0.2) is 59.0 Å². The number of carbonyl (C=O) groups excluding carboxylic acids is 1. The number of rotatable bonds is 4. The topological polar surface area (TPSA) is 67.6 Å². The summed E-state index contributed by atoms with van der Waals surface area (Å²) in [5.41, 5.74) is 2.07. The summed E-state index contributed by atoms with van der Waals surface area (Å²) in [7, 11) is 0. The van der Waals surface area contributed by atoms with Gasteiger partial charge in [-0.15, -0.1) is 0 Å². The lowest BCUT2D eigenvalue weighted by molar-refractivity contribution is 0.00334. The van der Waals surface area contributed by atoms with Crippen molar-refractivity contribution in [2.75, 3.05) is 18.4 Å². The molecule has 6 nitrogen and oxygen atoms in total. The first-order valence-corrected chi connectivity index (χ1v) is 8.40. The Bertz CT molecular complexity index is 866. The van der Waals surface area contributed by atoms with Crippen LogP contribution in [0.5, 0.6) is 0 Å². The number of ether oxygens (including phenoxy) is 1. The van der Waals surface area contributed by atoms with E-state index in [2.05, 4.69) is 10.3 Å². The van der Waals surface area contributed by atoms with Crippen LogP contribution < -0.4 is 5.32 Å². The maximum atomic E-state index is 14.2. The van der Waals surface area contributed by atoms with Crippen molar-refractivity contribution in [3.63, 3.8) is 0 Å². The minimum atomic E-state index is -1.25. The summed E-state index contributed by atoms with van der Waals surface area (Å²) in [5, 5.41) is 2.75. The number of likely N-dealkylation sites (tertiary alicyclic amines) is 1. The molecule has 0 unspecified atom stereocenters. The number of aromatic nitrogens is 1. The highest BCUT2D eigenvalue weighted by Crippen LogP contribution is 2.21. The minimum Gasteiger partial charge on any atom is -0.438 e. The molecule has 4 rings (SSSR count). The number of fused-ring (bicyclic) bond motifs is 1. The van der Waals surface area contributed by atoms with E-state index in [4.69, 9.17) is 9.15 Å². The van der Waals surface area contributed by atoms with E-state index in [1.165, 1.54) is 4.90 Å². The number of benzene rings is 2. The molecule has 1 aliphatic heterocycles. The van der Waals surface area contributed by atoms with Gasteiger partial charge in [0, 0.05) is 5.69 Å². The molecule has 7 heteroatoms. The smallest absolute Gasteiger partial charge is 0.322 e. The number of nitrogens with one attached hydrogen (secondary N) is 1. The third-order valence-corrected chi connectivity index (χ3v) is 4.27. The van der Waals surface area contributed by atoms with Gasteiger partial charge in [-0.3, -0.25) is 0 Å². The first-order chi connectivity index (χ1) is 12.7. The van der Waals surface area contributed by atoms with Gasteiger partial charge in [-0.05, 0) is 24.3 Å². The molecular formula is C19H18FN3O3. The average Bonchev–Trinajstić information content (AvgIpc) is 3.23. The summed E-state index contributed by atoms with van der Waals surface area (Å²) >= 11 is 0. The van der Waals surface area contributed by atoms with Gasteiger partial charge in [0.1, 0.15) is 24.4 Å². The van der Waals surface area contributed by atoms with Gasteiger partial charge in [0.25, 0.3) is 0 Å². The molecule has 1 aliphatic rings. The molecule has 0 saturated carbocycles. The van der Waals surface area contributed by atoms with E-state index in [0.29, 0.717) is 17.2 Å². The normalized spacial score (nSPS) is 19.8. The maximum Gasteiger partial charge on any atom is 0.322 e. The molecule has 1 fully saturated rings. The molecule has 1 aromatic heterocycles. The fraction of sp³-hybridized carbons (Fsp3) is 0.263. The molecule has 26 heavy (non-hydrogen) atoms. The lowest BCUT2D eigenvalue weighted by atomic mass is 10.3. The SMILES string of the molecule is O=C(Nc1ccccc1)N1C[C@@H](F)[C@@H](OCc2nc3ccccc3o2)C1. The molecule has 2 amide bonds. The highest BCUT2D eigenvalue weighted by Gasteiger charge is 2.36. The summed E-state index contributed by atoms with van der Waals surface area (Å²) < 4.78 is 25.4. The Hall–Kier alpha value is -2.93. The molecule has 1 saturated heterocycles. The molecule has 0 spiro atoms. The van der Waals surface area contributed by atoms with Crippen LogP contribution in [0.4, 0.5) is 14.9 Å². The van der Waals surface area contributed by atoms with Crippen molar-refractivity contribution in [1.82, 2.24) is 9.88 Å². The number of urea groups is 1. The minimum absolute atomic E-state index is 0.00308. The van der Waals surface area contributed by atoms with E-state index in [-0.39, 0.29) is 25.7 Å². The van der Waals surface area contributed by atoms with Crippen LogP contribution in [0.25, 0.3) is 11.1 Å². The fourth-order valence-electron chi connectivity index (χ4n) is 2.94. The standard InChI is InChI=1S/C19H18FN3O3/c20-14-10-23(19(24)21-13-6-2-1-3-7-13)11-17(14)25-12-18-22-15-8-4-5-9-16(15)26-18/h1-9,14,17H,10-12H2,(H,21,24)/t14-,17+/m1/s1. The molecule has 0 bridgehead atoms. The van der Waals surface area contributed by atoms with E-state index in [1.54, 1.807) is 12.1 Å². The number of para-hydroxylation sites is 3. The lowest BCUT2D eigenvalue weighted by Gasteiger charge is -2.16. The van der Waals surface area contributed by atoms with E-state index in [9.17, 15) is 9.18 Å². The number of anilines is 1. The molecule has 3 aromatic rings. The van der Waals surface area contributed by atoms with Gasteiger partial charge < -0.3 is 19.4 Å². The van der Waals surface area contributed by atoms with E-state index in [1.807, 2.05) is 42.5 Å². The number of alkyl halides is 1. The van der Waals surface area contributed by atoms with Crippen molar-refractivity contribution in [2.45, 2.75) is 18.9 Å². The van der Waals surface area contributed by atoms with Crippen LogP contribution in [0.2, 0.25) is 0 Å². The van der Waals surface area contributed by atoms with Gasteiger partial charge >= 0.3 is 6.03 Å². The molecule has 2 aromatic carbocycles. The summed E-state index contributed by atoms with van der Waals surface area (Å²) in [6.45, 7) is 0.241. The van der Waals surface area contributed by atoms with Crippen LogP contribution in [-0.2, 0) is 11.3 Å². The van der Waals surface area contributed by atoms with Crippen LogP contribution >= 0.6 is 0 Å². The molecule has 2 heterocycles. The van der Waals surface area contributed by atoms with Crippen molar-refractivity contribution in [3.05, 3.63) is 60.5 Å².